The zero-order valence-electron chi connectivity index (χ0n) is 10.6. The molecule has 2 rings (SSSR count). The molecule has 1 amide bonds. The highest BCUT2D eigenvalue weighted by Crippen LogP contribution is 2.27. The van der Waals surface area contributed by atoms with Gasteiger partial charge in [-0.05, 0) is 31.6 Å². The van der Waals surface area contributed by atoms with Crippen LogP contribution in [0.3, 0.4) is 0 Å². The number of nitrogens with one attached hydrogen (secondary N) is 1. The van der Waals surface area contributed by atoms with Crippen molar-refractivity contribution in [1.29, 1.82) is 0 Å². The van der Waals surface area contributed by atoms with Crippen LogP contribution in [-0.4, -0.2) is 23.5 Å². The maximum absolute atomic E-state index is 12.0. The van der Waals surface area contributed by atoms with Gasteiger partial charge in [0.15, 0.2) is 0 Å². The van der Waals surface area contributed by atoms with Gasteiger partial charge in [0.1, 0.15) is 12.0 Å². The SMILES string of the molecule is CSC1CCCC(NC(=O)c2coc(CN)c2)C1. The fourth-order valence-corrected chi connectivity index (χ4v) is 3.19. The molecule has 0 radical (unpaired) electrons. The summed E-state index contributed by atoms with van der Waals surface area (Å²) in [6, 6.07) is 2.00. The van der Waals surface area contributed by atoms with Crippen molar-refractivity contribution in [2.45, 2.75) is 43.5 Å². The van der Waals surface area contributed by atoms with Gasteiger partial charge in [0, 0.05) is 11.3 Å². The van der Waals surface area contributed by atoms with Crippen molar-refractivity contribution in [2.75, 3.05) is 6.26 Å². The highest BCUT2D eigenvalue weighted by molar-refractivity contribution is 7.99. The molecule has 0 saturated heterocycles. The summed E-state index contributed by atoms with van der Waals surface area (Å²) in [7, 11) is 0. The summed E-state index contributed by atoms with van der Waals surface area (Å²) in [4.78, 5) is 12.0. The smallest absolute Gasteiger partial charge is 0.254 e. The Morgan fingerprint density at radius 1 is 1.61 bits per heavy atom. The van der Waals surface area contributed by atoms with Crippen LogP contribution in [0, 0.1) is 0 Å². The minimum absolute atomic E-state index is 0.0507. The second kappa shape index (κ2) is 6.29. The Labute approximate surface area is 112 Å². The lowest BCUT2D eigenvalue weighted by atomic mass is 9.95. The molecule has 2 atom stereocenters. The zero-order valence-corrected chi connectivity index (χ0v) is 11.5. The third-order valence-electron chi connectivity index (χ3n) is 3.41. The lowest BCUT2D eigenvalue weighted by Crippen LogP contribution is -2.38. The quantitative estimate of drug-likeness (QED) is 0.878. The third kappa shape index (κ3) is 3.29. The lowest BCUT2D eigenvalue weighted by Gasteiger charge is -2.28. The molecule has 0 spiro atoms. The van der Waals surface area contributed by atoms with E-state index < -0.39 is 0 Å². The maximum atomic E-state index is 12.0. The van der Waals surface area contributed by atoms with Crippen molar-refractivity contribution in [3.63, 3.8) is 0 Å². The molecule has 1 fully saturated rings. The molecule has 2 unspecified atom stereocenters. The van der Waals surface area contributed by atoms with Crippen LogP contribution >= 0.6 is 11.8 Å². The van der Waals surface area contributed by atoms with E-state index in [1.165, 1.54) is 19.1 Å². The van der Waals surface area contributed by atoms with Gasteiger partial charge in [-0.2, -0.15) is 11.8 Å². The molecule has 100 valence electrons. The number of thioether (sulfide) groups is 1. The van der Waals surface area contributed by atoms with Crippen molar-refractivity contribution < 1.29 is 9.21 Å². The van der Waals surface area contributed by atoms with E-state index in [-0.39, 0.29) is 5.91 Å². The standard InChI is InChI=1S/C13H20N2O2S/c1-18-12-4-2-3-10(6-12)15-13(16)9-5-11(7-14)17-8-9/h5,8,10,12H,2-4,6-7,14H2,1H3,(H,15,16). The minimum Gasteiger partial charge on any atom is -0.467 e. The Balaban J connectivity index is 1.90. The Morgan fingerprint density at radius 3 is 3.11 bits per heavy atom. The van der Waals surface area contributed by atoms with Crippen molar-refractivity contribution in [3.05, 3.63) is 23.7 Å². The Kier molecular flexibility index (Phi) is 4.72. The average Bonchev–Trinajstić information content (AvgIpc) is 2.88. The van der Waals surface area contributed by atoms with E-state index in [1.807, 2.05) is 11.8 Å². The van der Waals surface area contributed by atoms with E-state index in [2.05, 4.69) is 11.6 Å². The Hall–Kier alpha value is -0.940. The summed E-state index contributed by atoms with van der Waals surface area (Å²) in [5, 5.41) is 3.76. The fourth-order valence-electron chi connectivity index (χ4n) is 2.37. The van der Waals surface area contributed by atoms with Crippen molar-refractivity contribution >= 4 is 17.7 Å². The Morgan fingerprint density at radius 2 is 2.44 bits per heavy atom. The summed E-state index contributed by atoms with van der Waals surface area (Å²) >= 11 is 1.89. The van der Waals surface area contributed by atoms with Gasteiger partial charge in [-0.25, -0.2) is 0 Å². The van der Waals surface area contributed by atoms with E-state index in [0.29, 0.717) is 29.2 Å². The van der Waals surface area contributed by atoms with E-state index in [4.69, 9.17) is 10.2 Å². The maximum Gasteiger partial charge on any atom is 0.254 e. The zero-order chi connectivity index (χ0) is 13.0. The van der Waals surface area contributed by atoms with Crippen LogP contribution < -0.4 is 11.1 Å². The molecule has 18 heavy (non-hydrogen) atoms. The fraction of sp³-hybridized carbons (Fsp3) is 0.615. The average molecular weight is 268 g/mol. The molecule has 1 aliphatic carbocycles. The van der Waals surface area contributed by atoms with Gasteiger partial charge in [-0.3, -0.25) is 4.79 Å². The first-order chi connectivity index (χ1) is 8.72. The monoisotopic (exact) mass is 268 g/mol. The van der Waals surface area contributed by atoms with E-state index in [9.17, 15) is 4.79 Å². The largest absolute Gasteiger partial charge is 0.467 e. The molecule has 0 aromatic carbocycles. The normalized spacial score (nSPS) is 23.9. The summed E-state index contributed by atoms with van der Waals surface area (Å²) < 4.78 is 5.18. The van der Waals surface area contributed by atoms with Gasteiger partial charge in [-0.1, -0.05) is 6.42 Å². The van der Waals surface area contributed by atoms with Crippen molar-refractivity contribution in [3.8, 4) is 0 Å². The number of rotatable bonds is 4. The predicted octanol–water partition coefficient (Wildman–Crippen LogP) is 2.14. The molecular weight excluding hydrogens is 248 g/mol. The summed E-state index contributed by atoms with van der Waals surface area (Å²) in [6.45, 7) is 0.325. The van der Waals surface area contributed by atoms with Crippen LogP contribution in [0.4, 0.5) is 0 Å². The summed E-state index contributed by atoms with van der Waals surface area (Å²) in [6.07, 6.45) is 8.20. The molecule has 1 aromatic heterocycles. The first-order valence-corrected chi connectivity index (χ1v) is 7.63. The number of nitrogens with two attached hydrogens (primary N) is 1. The molecule has 5 heteroatoms. The van der Waals surface area contributed by atoms with Gasteiger partial charge in [-0.15, -0.1) is 0 Å². The first-order valence-electron chi connectivity index (χ1n) is 6.34. The minimum atomic E-state index is -0.0507. The van der Waals surface area contributed by atoms with E-state index in [0.717, 1.165) is 12.8 Å². The van der Waals surface area contributed by atoms with E-state index in [1.54, 1.807) is 6.07 Å². The van der Waals surface area contributed by atoms with Crippen molar-refractivity contribution in [1.82, 2.24) is 5.32 Å². The predicted molar refractivity (Wildman–Crippen MR) is 73.6 cm³/mol. The molecule has 3 N–H and O–H groups in total. The van der Waals surface area contributed by atoms with Crippen molar-refractivity contribution in [2.24, 2.45) is 5.73 Å². The van der Waals surface area contributed by atoms with Crippen LogP contribution in [0.2, 0.25) is 0 Å². The molecule has 1 heterocycles. The van der Waals surface area contributed by atoms with Crippen LogP contribution in [-0.2, 0) is 6.54 Å². The molecule has 4 nitrogen and oxygen atoms in total. The Bertz CT molecular complexity index is 405. The molecule has 1 saturated carbocycles. The first kappa shape index (κ1) is 13.5. The van der Waals surface area contributed by atoms with E-state index >= 15 is 0 Å². The van der Waals surface area contributed by atoms with Crippen LogP contribution in [0.15, 0.2) is 16.7 Å². The molecule has 0 aliphatic heterocycles. The van der Waals surface area contributed by atoms with Crippen LogP contribution in [0.5, 0.6) is 0 Å². The number of furan rings is 1. The molecule has 1 aromatic rings. The highest BCUT2D eigenvalue weighted by Gasteiger charge is 2.23. The lowest BCUT2D eigenvalue weighted by molar-refractivity contribution is 0.0928. The number of hydrogen-bond acceptors (Lipinski definition) is 4. The van der Waals surface area contributed by atoms with Crippen LogP contribution in [0.1, 0.15) is 41.8 Å². The summed E-state index contributed by atoms with van der Waals surface area (Å²) in [5.41, 5.74) is 6.03. The second-order valence-corrected chi connectivity index (χ2v) is 5.84. The molecule has 0 bridgehead atoms. The van der Waals surface area contributed by atoms with Gasteiger partial charge in [0.05, 0.1) is 12.1 Å². The number of amides is 1. The van der Waals surface area contributed by atoms with Gasteiger partial charge in [0.2, 0.25) is 0 Å². The third-order valence-corrected chi connectivity index (χ3v) is 4.51. The second-order valence-electron chi connectivity index (χ2n) is 4.70. The molecular formula is C13H20N2O2S. The van der Waals surface area contributed by atoms with Gasteiger partial charge >= 0.3 is 0 Å². The highest BCUT2D eigenvalue weighted by atomic mass is 32.2. The number of hydrogen-bond donors (Lipinski definition) is 2. The van der Waals surface area contributed by atoms with Crippen LogP contribution in [0.25, 0.3) is 0 Å². The van der Waals surface area contributed by atoms with Gasteiger partial charge < -0.3 is 15.5 Å². The molecule has 1 aliphatic rings. The van der Waals surface area contributed by atoms with Gasteiger partial charge in [0.25, 0.3) is 5.91 Å². The number of carbonyl (C=O) groups is 1. The summed E-state index contributed by atoms with van der Waals surface area (Å²) in [5.74, 6) is 0.594. The topological polar surface area (TPSA) is 68.3 Å². The number of carbonyl (C=O) groups excluding carboxylic acids is 1.